The predicted octanol–water partition coefficient (Wildman–Crippen LogP) is 2.60. The Morgan fingerprint density at radius 2 is 2.00 bits per heavy atom. The summed E-state index contributed by atoms with van der Waals surface area (Å²) in [6, 6.07) is 3.76. The smallest absolute Gasteiger partial charge is 0.490 e. The van der Waals surface area contributed by atoms with Gasteiger partial charge in [-0.25, -0.2) is 9.78 Å². The van der Waals surface area contributed by atoms with Gasteiger partial charge in [-0.1, -0.05) is 0 Å². The van der Waals surface area contributed by atoms with Crippen molar-refractivity contribution in [2.45, 2.75) is 31.0 Å². The van der Waals surface area contributed by atoms with Crippen molar-refractivity contribution < 1.29 is 37.3 Å². The number of pyridine rings is 1. The van der Waals surface area contributed by atoms with Crippen LogP contribution in [0.5, 0.6) is 5.75 Å². The van der Waals surface area contributed by atoms with E-state index < -0.39 is 12.1 Å². The lowest BCUT2D eigenvalue weighted by atomic mass is 9.89. The van der Waals surface area contributed by atoms with Crippen molar-refractivity contribution >= 4 is 11.9 Å². The molecule has 1 N–H and O–H groups in total. The number of ether oxygens (including phenoxy) is 2. The number of hydrogen-bond acceptors (Lipinski definition) is 7. The number of aromatic nitrogens is 3. The monoisotopic (exact) mass is 468 g/mol. The summed E-state index contributed by atoms with van der Waals surface area (Å²) in [6.07, 6.45) is 6.05. The highest BCUT2D eigenvalue weighted by atomic mass is 19.4. The minimum Gasteiger partial charge on any atom is -0.492 e. The lowest BCUT2D eigenvalue weighted by Crippen LogP contribution is -2.56. The van der Waals surface area contributed by atoms with E-state index in [1.54, 1.807) is 24.8 Å². The zero-order valence-electron chi connectivity index (χ0n) is 17.6. The fourth-order valence-electron chi connectivity index (χ4n) is 3.93. The molecule has 0 aromatic carbocycles. The summed E-state index contributed by atoms with van der Waals surface area (Å²) in [4.78, 5) is 35.7. The van der Waals surface area contributed by atoms with Gasteiger partial charge >= 0.3 is 12.1 Å². The van der Waals surface area contributed by atoms with Crippen molar-refractivity contribution in [1.82, 2.24) is 19.9 Å². The first-order valence-corrected chi connectivity index (χ1v) is 10.2. The molecule has 1 saturated heterocycles. The molecule has 2 aromatic heterocycles. The molecule has 178 valence electrons. The summed E-state index contributed by atoms with van der Waals surface area (Å²) in [6.45, 7) is 2.26. The second-order valence-electron chi connectivity index (χ2n) is 7.62. The molecule has 2 fully saturated rings. The normalized spacial score (nSPS) is 22.4. The molecule has 0 unspecified atom stereocenters. The van der Waals surface area contributed by atoms with Crippen molar-refractivity contribution in [2.75, 3.05) is 26.3 Å². The highest BCUT2D eigenvalue weighted by molar-refractivity contribution is 5.92. The fraction of sp³-hybridized carbons (Fsp3) is 0.476. The Kier molecular flexibility index (Phi) is 7.79. The van der Waals surface area contributed by atoms with Crippen LogP contribution in [0.3, 0.4) is 0 Å². The Morgan fingerprint density at radius 1 is 1.24 bits per heavy atom. The fourth-order valence-corrected chi connectivity index (χ4v) is 3.93. The highest BCUT2D eigenvalue weighted by Gasteiger charge is 2.48. The Balaban J connectivity index is 0.000000383. The van der Waals surface area contributed by atoms with Crippen molar-refractivity contribution in [3.8, 4) is 5.75 Å². The molecule has 1 aliphatic carbocycles. The van der Waals surface area contributed by atoms with Gasteiger partial charge in [-0.2, -0.15) is 13.2 Å². The van der Waals surface area contributed by atoms with Crippen LogP contribution in [0.15, 0.2) is 43.1 Å². The van der Waals surface area contributed by atoms with Crippen LogP contribution in [0, 0.1) is 5.92 Å². The number of carbonyl (C=O) groups excluding carboxylic acids is 1. The molecule has 3 heterocycles. The third-order valence-electron chi connectivity index (χ3n) is 5.50. The molecule has 1 saturated carbocycles. The van der Waals surface area contributed by atoms with Crippen molar-refractivity contribution in [3.63, 3.8) is 0 Å². The largest absolute Gasteiger partial charge is 0.492 e. The summed E-state index contributed by atoms with van der Waals surface area (Å²) in [7, 11) is 0. The molecule has 0 bridgehead atoms. The SMILES string of the molecule is O=C(O)C(F)(F)F.O=C(c1cnccn1)N1CCO[C@]2(CCC[C@H]2COc2cccnc2)C1. The first-order valence-electron chi connectivity index (χ1n) is 10.2. The van der Waals surface area contributed by atoms with E-state index in [2.05, 4.69) is 15.0 Å². The average molecular weight is 468 g/mol. The molecule has 9 nitrogen and oxygen atoms in total. The quantitative estimate of drug-likeness (QED) is 0.728. The van der Waals surface area contributed by atoms with Crippen molar-refractivity contribution in [2.24, 2.45) is 5.92 Å². The lowest BCUT2D eigenvalue weighted by Gasteiger charge is -2.43. The average Bonchev–Trinajstić information content (AvgIpc) is 3.19. The molecule has 1 aliphatic heterocycles. The molecule has 2 aliphatic rings. The summed E-state index contributed by atoms with van der Waals surface area (Å²) >= 11 is 0. The van der Waals surface area contributed by atoms with Crippen LogP contribution in [0.25, 0.3) is 0 Å². The molecule has 33 heavy (non-hydrogen) atoms. The Bertz CT molecular complexity index is 933. The topological polar surface area (TPSA) is 115 Å². The third kappa shape index (κ3) is 6.37. The number of nitrogens with zero attached hydrogens (tertiary/aromatic N) is 4. The number of amides is 1. The maximum absolute atomic E-state index is 12.8. The van der Waals surface area contributed by atoms with Gasteiger partial charge in [-0.3, -0.25) is 14.8 Å². The third-order valence-corrected chi connectivity index (χ3v) is 5.50. The number of carboxylic acid groups (broad SMARTS) is 1. The first-order chi connectivity index (χ1) is 15.7. The maximum Gasteiger partial charge on any atom is 0.490 e. The van der Waals surface area contributed by atoms with Gasteiger partial charge in [0.1, 0.15) is 11.4 Å². The van der Waals surface area contributed by atoms with E-state index in [0.717, 1.165) is 25.0 Å². The number of carboxylic acids is 1. The predicted molar refractivity (Wildman–Crippen MR) is 107 cm³/mol. The number of rotatable bonds is 4. The van der Waals surface area contributed by atoms with Crippen LogP contribution in [-0.2, 0) is 9.53 Å². The molecule has 2 aromatic rings. The van der Waals surface area contributed by atoms with E-state index in [9.17, 15) is 18.0 Å². The Morgan fingerprint density at radius 3 is 2.64 bits per heavy atom. The van der Waals surface area contributed by atoms with Gasteiger partial charge in [0.25, 0.3) is 5.91 Å². The van der Waals surface area contributed by atoms with Gasteiger partial charge in [0.15, 0.2) is 0 Å². The Hall–Kier alpha value is -3.28. The molecule has 4 rings (SSSR count). The van der Waals surface area contributed by atoms with E-state index >= 15 is 0 Å². The van der Waals surface area contributed by atoms with Gasteiger partial charge in [0.05, 0.1) is 37.8 Å². The highest BCUT2D eigenvalue weighted by Crippen LogP contribution is 2.41. The maximum atomic E-state index is 12.8. The van der Waals surface area contributed by atoms with Crippen molar-refractivity contribution in [1.29, 1.82) is 0 Å². The van der Waals surface area contributed by atoms with E-state index in [0.29, 0.717) is 32.0 Å². The zero-order chi connectivity index (χ0) is 23.9. The minimum absolute atomic E-state index is 0.0837. The molecular formula is C21H23F3N4O5. The molecular weight excluding hydrogens is 445 g/mol. The van der Waals surface area contributed by atoms with E-state index in [1.165, 1.54) is 6.20 Å². The number of carbonyl (C=O) groups is 2. The molecule has 12 heteroatoms. The summed E-state index contributed by atoms with van der Waals surface area (Å²) < 4.78 is 43.9. The molecule has 0 radical (unpaired) electrons. The van der Waals surface area contributed by atoms with Crippen LogP contribution in [0.4, 0.5) is 13.2 Å². The van der Waals surface area contributed by atoms with Gasteiger partial charge in [0.2, 0.25) is 0 Å². The molecule has 1 spiro atoms. The lowest BCUT2D eigenvalue weighted by molar-refractivity contribution is -0.192. The van der Waals surface area contributed by atoms with Crippen molar-refractivity contribution in [3.05, 3.63) is 48.8 Å². The standard InChI is InChI=1S/C19H22N4O3.C2HF3O2/c24-18(17-12-21-7-8-22-17)23-9-10-26-19(14-23)5-1-3-15(19)13-25-16-4-2-6-20-11-16;3-2(4,5)1(6)7/h2,4,6-8,11-12,15H,1,3,5,9-10,13-14H2;(H,6,7)/t15-,19+;/m0./s1. The van der Waals surface area contributed by atoms with E-state index in [4.69, 9.17) is 19.4 Å². The van der Waals surface area contributed by atoms with E-state index in [1.807, 2.05) is 17.0 Å². The minimum atomic E-state index is -5.08. The van der Waals surface area contributed by atoms with E-state index in [-0.39, 0.29) is 17.4 Å². The van der Waals surface area contributed by atoms with Crippen LogP contribution >= 0.6 is 0 Å². The number of halogens is 3. The van der Waals surface area contributed by atoms with Crippen LogP contribution in [-0.4, -0.2) is 74.9 Å². The van der Waals surface area contributed by atoms with Gasteiger partial charge in [-0.05, 0) is 31.4 Å². The summed E-state index contributed by atoms with van der Waals surface area (Å²) in [5, 5.41) is 7.12. The summed E-state index contributed by atoms with van der Waals surface area (Å²) in [5.41, 5.74) is 0.0453. The van der Waals surface area contributed by atoms with Gasteiger partial charge in [-0.15, -0.1) is 0 Å². The second kappa shape index (κ2) is 10.6. The number of morpholine rings is 1. The number of aliphatic carboxylic acids is 1. The zero-order valence-corrected chi connectivity index (χ0v) is 17.6. The number of hydrogen-bond donors (Lipinski definition) is 1. The number of alkyl halides is 3. The summed E-state index contributed by atoms with van der Waals surface area (Å²) in [5.74, 6) is -1.83. The Labute approximate surface area is 187 Å². The van der Waals surface area contributed by atoms with Gasteiger partial charge < -0.3 is 19.5 Å². The molecule has 2 atom stereocenters. The van der Waals surface area contributed by atoms with Gasteiger partial charge in [0, 0.05) is 31.1 Å². The van der Waals surface area contributed by atoms with Crippen LogP contribution < -0.4 is 4.74 Å². The van der Waals surface area contributed by atoms with Crippen LogP contribution in [0.1, 0.15) is 29.8 Å². The first kappa shape index (κ1) is 24.4. The molecule has 1 amide bonds. The second-order valence-corrected chi connectivity index (χ2v) is 7.62. The van der Waals surface area contributed by atoms with Crippen LogP contribution in [0.2, 0.25) is 0 Å².